The molecule has 162 valence electrons. The van der Waals surface area contributed by atoms with Gasteiger partial charge in [0.1, 0.15) is 11.8 Å². The Balaban J connectivity index is 1.39. The summed E-state index contributed by atoms with van der Waals surface area (Å²) in [5, 5.41) is 9.04. The quantitative estimate of drug-likeness (QED) is 0.720. The largest absolute Gasteiger partial charge is 0.368 e. The fourth-order valence-electron chi connectivity index (χ4n) is 4.32. The molecule has 3 N–H and O–H groups in total. The second-order valence-electron chi connectivity index (χ2n) is 8.16. The molecular formula is C24H29N5O2. The van der Waals surface area contributed by atoms with Crippen molar-refractivity contribution >= 4 is 23.2 Å². The predicted octanol–water partition coefficient (Wildman–Crippen LogP) is 2.28. The number of piperidine rings is 1. The topological polar surface area (TPSA) is 91.0 Å². The minimum Gasteiger partial charge on any atom is -0.368 e. The lowest BCUT2D eigenvalue weighted by Gasteiger charge is -2.35. The molecule has 0 radical (unpaired) electrons. The first-order valence-electron chi connectivity index (χ1n) is 10.9. The van der Waals surface area contributed by atoms with Gasteiger partial charge in [-0.2, -0.15) is 5.10 Å². The van der Waals surface area contributed by atoms with Crippen LogP contribution in [0.25, 0.3) is 0 Å². The summed E-state index contributed by atoms with van der Waals surface area (Å²) in [4.78, 5) is 27.2. The number of carbonyl (C=O) groups excluding carboxylic acids is 2. The maximum Gasteiger partial charge on any atom is 0.267 e. The van der Waals surface area contributed by atoms with Crippen LogP contribution < -0.4 is 16.1 Å². The van der Waals surface area contributed by atoms with Crippen LogP contribution in [-0.4, -0.2) is 47.6 Å². The molecule has 2 aromatic carbocycles. The van der Waals surface area contributed by atoms with E-state index in [9.17, 15) is 9.59 Å². The summed E-state index contributed by atoms with van der Waals surface area (Å²) < 4.78 is 0. The minimum atomic E-state index is -0.646. The zero-order chi connectivity index (χ0) is 21.6. The van der Waals surface area contributed by atoms with Crippen LogP contribution in [0.3, 0.4) is 0 Å². The second-order valence-corrected chi connectivity index (χ2v) is 8.16. The number of carbonyl (C=O) groups is 2. The number of nitrogens with zero attached hydrogens (tertiary/aromatic N) is 3. The molecule has 1 fully saturated rings. The van der Waals surface area contributed by atoms with E-state index in [0.717, 1.165) is 31.6 Å². The Morgan fingerprint density at radius 1 is 1.03 bits per heavy atom. The van der Waals surface area contributed by atoms with Crippen LogP contribution >= 0.6 is 0 Å². The molecule has 7 nitrogen and oxygen atoms in total. The third kappa shape index (κ3) is 5.11. The van der Waals surface area contributed by atoms with Gasteiger partial charge in [-0.1, -0.05) is 55.0 Å². The smallest absolute Gasteiger partial charge is 0.267 e. The van der Waals surface area contributed by atoms with Gasteiger partial charge in [0.05, 0.1) is 5.69 Å². The Kier molecular flexibility index (Phi) is 6.62. The molecule has 1 saturated heterocycles. The van der Waals surface area contributed by atoms with Crippen LogP contribution in [0.2, 0.25) is 0 Å². The minimum absolute atomic E-state index is 0.217. The number of primary amides is 1. The highest BCUT2D eigenvalue weighted by Gasteiger charge is 2.35. The Bertz CT molecular complexity index is 932. The molecule has 0 saturated carbocycles. The molecule has 7 heteroatoms. The van der Waals surface area contributed by atoms with E-state index < -0.39 is 11.9 Å². The number of nitrogens with two attached hydrogens (primary N) is 1. The van der Waals surface area contributed by atoms with Crippen molar-refractivity contribution in [1.29, 1.82) is 0 Å². The number of amides is 2. The molecule has 2 heterocycles. The van der Waals surface area contributed by atoms with Crippen LogP contribution in [0.1, 0.15) is 31.2 Å². The van der Waals surface area contributed by atoms with Gasteiger partial charge >= 0.3 is 0 Å². The van der Waals surface area contributed by atoms with Crippen molar-refractivity contribution in [1.82, 2.24) is 10.2 Å². The molecular weight excluding hydrogens is 390 g/mol. The molecule has 2 aliphatic heterocycles. The summed E-state index contributed by atoms with van der Waals surface area (Å²) in [6, 6.07) is 19.4. The first-order chi connectivity index (χ1) is 15.1. The predicted molar refractivity (Wildman–Crippen MR) is 121 cm³/mol. The fourth-order valence-corrected chi connectivity index (χ4v) is 4.32. The Labute approximate surface area is 182 Å². The average molecular weight is 420 g/mol. The SMILES string of the molecule is NC(=O)[C@@H]1CC(C(=O)NC[C@H]2CCCCN2Cc2ccccc2)=NN1c1ccccc1. The molecule has 0 aromatic heterocycles. The number of hydrogen-bond donors (Lipinski definition) is 2. The third-order valence-electron chi connectivity index (χ3n) is 6.00. The molecule has 2 amide bonds. The summed E-state index contributed by atoms with van der Waals surface area (Å²) in [6.45, 7) is 2.48. The molecule has 0 spiro atoms. The molecule has 2 aromatic rings. The second kappa shape index (κ2) is 9.75. The number of anilines is 1. The zero-order valence-electron chi connectivity index (χ0n) is 17.6. The van der Waals surface area contributed by atoms with E-state index in [1.807, 2.05) is 36.4 Å². The highest BCUT2D eigenvalue weighted by atomic mass is 16.2. The van der Waals surface area contributed by atoms with Gasteiger partial charge in [-0.05, 0) is 37.1 Å². The van der Waals surface area contributed by atoms with Gasteiger partial charge in [0, 0.05) is 25.6 Å². The van der Waals surface area contributed by atoms with Crippen molar-refractivity contribution in [3.05, 3.63) is 66.2 Å². The molecule has 2 atom stereocenters. The lowest BCUT2D eigenvalue weighted by Crippen LogP contribution is -2.47. The lowest BCUT2D eigenvalue weighted by atomic mass is 10.0. The normalized spacial score (nSPS) is 21.5. The number of nitrogens with one attached hydrogen (secondary N) is 1. The standard InChI is InChI=1S/C24H29N5O2/c25-23(30)22-15-21(27-29(22)19-11-5-2-6-12-19)24(31)26-16-20-13-7-8-14-28(20)17-18-9-3-1-4-10-18/h1-6,9-12,20,22H,7-8,13-17H2,(H2,25,30)(H,26,31)/t20-,22+/m1/s1. The number of likely N-dealkylation sites (tertiary alicyclic amines) is 1. The maximum atomic E-state index is 12.9. The molecule has 0 aliphatic carbocycles. The monoisotopic (exact) mass is 419 g/mol. The van der Waals surface area contributed by atoms with Crippen LogP contribution in [0.4, 0.5) is 5.69 Å². The number of hydrazone groups is 1. The highest BCUT2D eigenvalue weighted by Crippen LogP contribution is 2.24. The van der Waals surface area contributed by atoms with Crippen molar-refractivity contribution in [3.8, 4) is 0 Å². The van der Waals surface area contributed by atoms with Crippen molar-refractivity contribution in [2.24, 2.45) is 10.8 Å². The van der Waals surface area contributed by atoms with Crippen LogP contribution in [-0.2, 0) is 16.1 Å². The van der Waals surface area contributed by atoms with Gasteiger partial charge in [-0.15, -0.1) is 0 Å². The third-order valence-corrected chi connectivity index (χ3v) is 6.00. The average Bonchev–Trinajstić information content (AvgIpc) is 3.26. The molecule has 0 unspecified atom stereocenters. The Morgan fingerprint density at radius 3 is 2.45 bits per heavy atom. The zero-order valence-corrected chi connectivity index (χ0v) is 17.6. The van der Waals surface area contributed by atoms with Gasteiger partial charge in [0.2, 0.25) is 5.91 Å². The first-order valence-corrected chi connectivity index (χ1v) is 10.9. The van der Waals surface area contributed by atoms with Gasteiger partial charge in [0.15, 0.2) is 0 Å². The number of hydrogen-bond acceptors (Lipinski definition) is 5. The van der Waals surface area contributed by atoms with Crippen LogP contribution in [0, 0.1) is 0 Å². The first kappa shape index (κ1) is 21.1. The molecule has 4 rings (SSSR count). The number of para-hydroxylation sites is 1. The van der Waals surface area contributed by atoms with Crippen molar-refractivity contribution in [2.75, 3.05) is 18.1 Å². The van der Waals surface area contributed by atoms with Gasteiger partial charge in [-0.25, -0.2) is 0 Å². The number of rotatable bonds is 7. The molecule has 0 bridgehead atoms. The summed E-state index contributed by atoms with van der Waals surface area (Å²) in [6.07, 6.45) is 3.61. The van der Waals surface area contributed by atoms with E-state index in [4.69, 9.17) is 5.73 Å². The molecule has 2 aliphatic rings. The van der Waals surface area contributed by atoms with Gasteiger partial charge in [0.25, 0.3) is 5.91 Å². The highest BCUT2D eigenvalue weighted by molar-refractivity contribution is 6.40. The van der Waals surface area contributed by atoms with E-state index in [1.165, 1.54) is 12.0 Å². The number of benzene rings is 2. The lowest BCUT2D eigenvalue weighted by molar-refractivity contribution is -0.119. The van der Waals surface area contributed by atoms with E-state index in [0.29, 0.717) is 12.3 Å². The maximum absolute atomic E-state index is 12.9. The van der Waals surface area contributed by atoms with E-state index in [1.54, 1.807) is 5.01 Å². The van der Waals surface area contributed by atoms with Crippen molar-refractivity contribution < 1.29 is 9.59 Å². The summed E-state index contributed by atoms with van der Waals surface area (Å²) in [7, 11) is 0. The summed E-state index contributed by atoms with van der Waals surface area (Å²) in [5.41, 5.74) is 7.95. The summed E-state index contributed by atoms with van der Waals surface area (Å²) in [5.74, 6) is -0.716. The van der Waals surface area contributed by atoms with Crippen LogP contribution in [0.5, 0.6) is 0 Å². The van der Waals surface area contributed by atoms with Crippen molar-refractivity contribution in [3.63, 3.8) is 0 Å². The fraction of sp³-hybridized carbons (Fsp3) is 0.375. The van der Waals surface area contributed by atoms with E-state index >= 15 is 0 Å². The van der Waals surface area contributed by atoms with E-state index in [2.05, 4.69) is 39.6 Å². The van der Waals surface area contributed by atoms with Crippen molar-refractivity contribution in [2.45, 2.75) is 44.3 Å². The molecule has 31 heavy (non-hydrogen) atoms. The van der Waals surface area contributed by atoms with Gasteiger partial charge in [-0.3, -0.25) is 19.5 Å². The summed E-state index contributed by atoms with van der Waals surface area (Å²) >= 11 is 0. The van der Waals surface area contributed by atoms with E-state index in [-0.39, 0.29) is 18.4 Å². The Morgan fingerprint density at radius 2 is 1.74 bits per heavy atom. The van der Waals surface area contributed by atoms with Crippen LogP contribution in [0.15, 0.2) is 65.8 Å². The Hall–Kier alpha value is -3.19. The van der Waals surface area contributed by atoms with Gasteiger partial charge < -0.3 is 11.1 Å².